The minimum atomic E-state index is 0. The third-order valence-corrected chi connectivity index (χ3v) is 4.15. The molecule has 0 bridgehead atoms. The fourth-order valence-electron chi connectivity index (χ4n) is 2.77. The zero-order valence-corrected chi connectivity index (χ0v) is 14.6. The number of carbonyl (C=O) groups excluding carboxylic acids is 1. The number of nitrogens with two attached hydrogens (primary N) is 1. The minimum absolute atomic E-state index is 0. The Hall–Kier alpha value is -1.98. The molecule has 1 aliphatic heterocycles. The van der Waals surface area contributed by atoms with Gasteiger partial charge in [-0.1, -0.05) is 17.7 Å². The molecule has 5 nitrogen and oxygen atoms in total. The van der Waals surface area contributed by atoms with Crippen LogP contribution in [0.3, 0.4) is 0 Å². The van der Waals surface area contributed by atoms with Gasteiger partial charge >= 0.3 is 0 Å². The molecule has 0 aliphatic carbocycles. The van der Waals surface area contributed by atoms with Gasteiger partial charge in [0.15, 0.2) is 0 Å². The zero-order chi connectivity index (χ0) is 16.2. The molecule has 1 fully saturated rings. The summed E-state index contributed by atoms with van der Waals surface area (Å²) in [6, 6.07) is 9.79. The molecule has 1 amide bonds. The van der Waals surface area contributed by atoms with Crippen molar-refractivity contribution >= 4 is 18.3 Å². The fraction of sp³-hybridized carbons (Fsp3) is 0.389. The molecular weight excluding hydrogens is 328 g/mol. The summed E-state index contributed by atoms with van der Waals surface area (Å²) in [5, 5.41) is 0. The van der Waals surface area contributed by atoms with Crippen LogP contribution in [-0.2, 0) is 6.54 Å². The number of amides is 1. The molecule has 6 heteroatoms. The minimum Gasteiger partial charge on any atom is -0.490 e. The highest BCUT2D eigenvalue weighted by Gasteiger charge is 2.25. The van der Waals surface area contributed by atoms with Crippen molar-refractivity contribution in [3.63, 3.8) is 0 Å². The normalized spacial score (nSPS) is 15.0. The molecule has 2 heterocycles. The number of halogens is 1. The highest BCUT2D eigenvalue weighted by molar-refractivity contribution is 5.94. The Morgan fingerprint density at radius 3 is 2.54 bits per heavy atom. The molecule has 1 saturated heterocycles. The molecule has 0 unspecified atom stereocenters. The summed E-state index contributed by atoms with van der Waals surface area (Å²) in [6.45, 7) is 3.75. The van der Waals surface area contributed by atoms with Crippen molar-refractivity contribution in [2.75, 3.05) is 13.1 Å². The Bertz CT molecular complexity index is 661. The van der Waals surface area contributed by atoms with Crippen LogP contribution < -0.4 is 10.5 Å². The van der Waals surface area contributed by atoms with Crippen LogP contribution in [0, 0.1) is 6.92 Å². The first-order chi connectivity index (χ1) is 11.2. The Balaban J connectivity index is 0.00000208. The van der Waals surface area contributed by atoms with Gasteiger partial charge in [0.05, 0.1) is 12.1 Å². The Kier molecular flexibility index (Phi) is 6.29. The van der Waals surface area contributed by atoms with Gasteiger partial charge in [-0.15, -0.1) is 12.4 Å². The topological polar surface area (TPSA) is 68.7 Å². The second-order valence-corrected chi connectivity index (χ2v) is 5.93. The van der Waals surface area contributed by atoms with E-state index in [9.17, 15) is 4.79 Å². The number of likely N-dealkylation sites (tertiary alicyclic amines) is 1. The van der Waals surface area contributed by atoms with Gasteiger partial charge in [-0.05, 0) is 25.1 Å². The first-order valence-electron chi connectivity index (χ1n) is 7.96. The monoisotopic (exact) mass is 350 g/mol. The van der Waals surface area contributed by atoms with E-state index >= 15 is 0 Å². The first-order valence-corrected chi connectivity index (χ1v) is 7.96. The van der Waals surface area contributed by atoms with Gasteiger partial charge in [-0.3, -0.25) is 4.79 Å². The molecule has 0 spiro atoms. The molecule has 2 aromatic rings. The van der Waals surface area contributed by atoms with Crippen molar-refractivity contribution in [2.45, 2.75) is 32.4 Å². The molecule has 3 rings (SSSR count). The van der Waals surface area contributed by atoms with Gasteiger partial charge in [-0.25, -0.2) is 0 Å². The van der Waals surface area contributed by atoms with Gasteiger partial charge in [0.1, 0.15) is 23.9 Å². The lowest BCUT2D eigenvalue weighted by Crippen LogP contribution is -2.41. The summed E-state index contributed by atoms with van der Waals surface area (Å²) < 4.78 is 11.2. The van der Waals surface area contributed by atoms with Crippen LogP contribution >= 0.6 is 12.4 Å². The number of rotatable bonds is 4. The third-order valence-electron chi connectivity index (χ3n) is 4.15. The van der Waals surface area contributed by atoms with Gasteiger partial charge in [-0.2, -0.15) is 0 Å². The number of hydrogen-bond acceptors (Lipinski definition) is 4. The fourth-order valence-corrected chi connectivity index (χ4v) is 2.77. The van der Waals surface area contributed by atoms with E-state index in [1.54, 1.807) is 6.07 Å². The molecule has 24 heavy (non-hydrogen) atoms. The predicted molar refractivity (Wildman–Crippen MR) is 94.6 cm³/mol. The summed E-state index contributed by atoms with van der Waals surface area (Å²) in [4.78, 5) is 14.3. The average Bonchev–Trinajstić information content (AvgIpc) is 3.06. The van der Waals surface area contributed by atoms with Crippen LogP contribution in [0.5, 0.6) is 5.75 Å². The van der Waals surface area contributed by atoms with Crippen LogP contribution in [0.25, 0.3) is 0 Å². The number of aryl methyl sites for hydroxylation is 1. The number of carbonyl (C=O) groups is 1. The largest absolute Gasteiger partial charge is 0.490 e. The molecule has 1 aromatic carbocycles. The number of piperidine rings is 1. The van der Waals surface area contributed by atoms with Crippen LogP contribution in [0.1, 0.15) is 34.5 Å². The Morgan fingerprint density at radius 2 is 1.96 bits per heavy atom. The van der Waals surface area contributed by atoms with Crippen LogP contribution in [0.2, 0.25) is 0 Å². The van der Waals surface area contributed by atoms with Crippen molar-refractivity contribution in [2.24, 2.45) is 5.73 Å². The third kappa shape index (κ3) is 4.30. The molecule has 130 valence electrons. The van der Waals surface area contributed by atoms with E-state index in [2.05, 4.69) is 6.92 Å². The molecule has 1 aliphatic rings. The maximum absolute atomic E-state index is 12.4. The summed E-state index contributed by atoms with van der Waals surface area (Å²) in [5.41, 5.74) is 7.30. The number of furan rings is 1. The van der Waals surface area contributed by atoms with Crippen molar-refractivity contribution < 1.29 is 13.9 Å². The molecule has 2 N–H and O–H groups in total. The highest BCUT2D eigenvalue weighted by atomic mass is 35.5. The van der Waals surface area contributed by atoms with Gasteiger partial charge in [0.25, 0.3) is 5.91 Å². The molecule has 1 aromatic heterocycles. The number of nitrogens with zero attached hydrogens (tertiary/aromatic N) is 1. The van der Waals surface area contributed by atoms with Gasteiger partial charge in [0.2, 0.25) is 0 Å². The zero-order valence-electron chi connectivity index (χ0n) is 13.7. The van der Waals surface area contributed by atoms with E-state index in [0.717, 1.165) is 18.6 Å². The molecule has 0 radical (unpaired) electrons. The van der Waals surface area contributed by atoms with Crippen molar-refractivity contribution in [3.8, 4) is 5.75 Å². The number of hydrogen-bond donors (Lipinski definition) is 1. The lowest BCUT2D eigenvalue weighted by atomic mass is 10.1. The number of benzene rings is 1. The predicted octanol–water partition coefficient (Wildman–Crippen LogP) is 3.15. The summed E-state index contributed by atoms with van der Waals surface area (Å²) >= 11 is 0. The maximum atomic E-state index is 12.4. The molecular formula is C18H23ClN2O3. The maximum Gasteiger partial charge on any atom is 0.257 e. The van der Waals surface area contributed by atoms with E-state index in [1.165, 1.54) is 11.8 Å². The average molecular weight is 351 g/mol. The molecule has 0 atom stereocenters. The van der Waals surface area contributed by atoms with Gasteiger partial charge in [0, 0.05) is 25.9 Å². The Labute approximate surface area is 148 Å². The van der Waals surface area contributed by atoms with E-state index in [0.29, 0.717) is 31.0 Å². The Morgan fingerprint density at radius 1 is 1.29 bits per heavy atom. The lowest BCUT2D eigenvalue weighted by molar-refractivity contribution is 0.0595. The van der Waals surface area contributed by atoms with E-state index in [4.69, 9.17) is 14.9 Å². The quantitative estimate of drug-likeness (QED) is 0.919. The smallest absolute Gasteiger partial charge is 0.257 e. The van der Waals surface area contributed by atoms with Crippen molar-refractivity contribution in [1.29, 1.82) is 0 Å². The van der Waals surface area contributed by atoms with Crippen LogP contribution in [-0.4, -0.2) is 30.0 Å². The highest BCUT2D eigenvalue weighted by Crippen LogP contribution is 2.21. The summed E-state index contributed by atoms with van der Waals surface area (Å²) in [7, 11) is 0. The SMILES string of the molecule is Cc1ccc(OC2CCN(C(=O)c3coc(CN)c3)CC2)cc1.Cl. The van der Waals surface area contributed by atoms with Crippen molar-refractivity contribution in [3.05, 3.63) is 53.5 Å². The van der Waals surface area contributed by atoms with Crippen molar-refractivity contribution in [1.82, 2.24) is 4.90 Å². The van der Waals surface area contributed by atoms with Crippen LogP contribution in [0.15, 0.2) is 41.0 Å². The van der Waals surface area contributed by atoms with E-state index in [-0.39, 0.29) is 24.4 Å². The summed E-state index contributed by atoms with van der Waals surface area (Å²) in [6.07, 6.45) is 3.31. The van der Waals surface area contributed by atoms with Crippen LogP contribution in [0.4, 0.5) is 0 Å². The first kappa shape index (κ1) is 18.4. The van der Waals surface area contributed by atoms with Gasteiger partial charge < -0.3 is 19.8 Å². The standard InChI is InChI=1S/C18H22N2O3.ClH/c1-13-2-4-15(5-3-13)23-16-6-8-20(9-7-16)18(21)14-10-17(11-19)22-12-14;/h2-5,10,12,16H,6-9,11,19H2,1H3;1H. The molecule has 0 saturated carbocycles. The lowest BCUT2D eigenvalue weighted by Gasteiger charge is -2.32. The van der Waals surface area contributed by atoms with E-state index in [1.807, 2.05) is 29.2 Å². The number of ether oxygens (including phenoxy) is 1. The second kappa shape index (κ2) is 8.22. The van der Waals surface area contributed by atoms with E-state index < -0.39 is 0 Å². The second-order valence-electron chi connectivity index (χ2n) is 5.93. The summed E-state index contributed by atoms with van der Waals surface area (Å²) in [5.74, 6) is 1.52.